The fourth-order valence-corrected chi connectivity index (χ4v) is 2.21. The minimum atomic E-state index is -0.433. The molecule has 0 aliphatic carbocycles. The molecule has 0 bridgehead atoms. The van der Waals surface area contributed by atoms with Crippen LogP contribution in [0.2, 0.25) is 5.02 Å². The van der Waals surface area contributed by atoms with Crippen molar-refractivity contribution in [3.8, 4) is 0 Å². The van der Waals surface area contributed by atoms with E-state index in [0.717, 1.165) is 11.5 Å². The van der Waals surface area contributed by atoms with Crippen molar-refractivity contribution in [2.45, 2.75) is 13.3 Å². The molecule has 0 saturated carbocycles. The molecule has 2 rings (SSSR count). The lowest BCUT2D eigenvalue weighted by molar-refractivity contribution is 0.0995. The summed E-state index contributed by atoms with van der Waals surface area (Å²) in [6, 6.07) is 4.16. The third-order valence-electron chi connectivity index (χ3n) is 2.26. The second-order valence-corrected chi connectivity index (χ2v) is 4.71. The molecule has 6 heteroatoms. The molecule has 88 valence electrons. The monoisotopic (exact) mass is 270 g/mol. The number of nitrogens with zero attached hydrogens (tertiary/aromatic N) is 2. The lowest BCUT2D eigenvalue weighted by atomic mass is 10.1. The maximum Gasteiger partial charge on any atom is 0.180 e. The molecule has 0 aliphatic heterocycles. The normalized spacial score (nSPS) is 10.5. The number of hydrogen-bond donors (Lipinski definition) is 0. The summed E-state index contributed by atoms with van der Waals surface area (Å²) in [5.41, 5.74) is 0.859. The summed E-state index contributed by atoms with van der Waals surface area (Å²) in [5, 5.41) is 4.16. The molecule has 0 N–H and O–H groups in total. The van der Waals surface area contributed by atoms with Crippen molar-refractivity contribution in [2.75, 3.05) is 0 Å². The maximum atomic E-state index is 13.4. The van der Waals surface area contributed by atoms with Crippen molar-refractivity contribution in [2.24, 2.45) is 0 Å². The van der Waals surface area contributed by atoms with Crippen LogP contribution in [0.25, 0.3) is 0 Å². The van der Waals surface area contributed by atoms with E-state index in [9.17, 15) is 9.18 Å². The van der Waals surface area contributed by atoms with Gasteiger partial charge in [0, 0.05) is 11.4 Å². The number of Topliss-reactive ketones (excluding diaryl/α,β-unsaturated/α-hetero) is 1. The topological polar surface area (TPSA) is 42.9 Å². The Balaban J connectivity index is 2.24. The Morgan fingerprint density at radius 2 is 2.29 bits per heavy atom. The third kappa shape index (κ3) is 2.68. The van der Waals surface area contributed by atoms with Crippen molar-refractivity contribution in [1.82, 2.24) is 9.59 Å². The predicted octanol–water partition coefficient (Wildman–Crippen LogP) is 3.06. The van der Waals surface area contributed by atoms with Crippen molar-refractivity contribution in [1.29, 1.82) is 0 Å². The SMILES string of the molecule is Cc1nnsc1C(=O)Cc1cc(Cl)ccc1F. The van der Waals surface area contributed by atoms with Crippen molar-refractivity contribution in [3.63, 3.8) is 0 Å². The van der Waals surface area contributed by atoms with Gasteiger partial charge < -0.3 is 0 Å². The molecule has 1 aromatic heterocycles. The van der Waals surface area contributed by atoms with Gasteiger partial charge in [0.2, 0.25) is 0 Å². The van der Waals surface area contributed by atoms with Gasteiger partial charge in [0.1, 0.15) is 10.7 Å². The molecule has 0 spiro atoms. The number of halogens is 2. The van der Waals surface area contributed by atoms with Crippen LogP contribution in [0, 0.1) is 12.7 Å². The van der Waals surface area contributed by atoms with E-state index >= 15 is 0 Å². The van der Waals surface area contributed by atoms with Crippen molar-refractivity contribution < 1.29 is 9.18 Å². The van der Waals surface area contributed by atoms with Crippen LogP contribution in [0.4, 0.5) is 4.39 Å². The minimum absolute atomic E-state index is 0.0306. The van der Waals surface area contributed by atoms with E-state index in [-0.39, 0.29) is 17.8 Å². The van der Waals surface area contributed by atoms with Crippen molar-refractivity contribution in [3.05, 3.63) is 45.2 Å². The van der Waals surface area contributed by atoms with Crippen LogP contribution in [-0.2, 0) is 6.42 Å². The molecule has 2 aromatic rings. The largest absolute Gasteiger partial charge is 0.293 e. The Morgan fingerprint density at radius 3 is 2.94 bits per heavy atom. The van der Waals surface area contributed by atoms with Crippen LogP contribution in [-0.4, -0.2) is 15.4 Å². The Bertz CT molecular complexity index is 570. The number of carbonyl (C=O) groups excluding carboxylic acids is 1. The summed E-state index contributed by atoms with van der Waals surface area (Å²) in [5.74, 6) is -0.628. The average molecular weight is 271 g/mol. The van der Waals surface area contributed by atoms with Crippen LogP contribution >= 0.6 is 23.1 Å². The fourth-order valence-electron chi connectivity index (χ4n) is 1.42. The molecule has 0 amide bonds. The van der Waals surface area contributed by atoms with E-state index in [2.05, 4.69) is 9.59 Å². The van der Waals surface area contributed by atoms with E-state index in [1.54, 1.807) is 6.92 Å². The molecule has 1 heterocycles. The first-order chi connectivity index (χ1) is 8.08. The second kappa shape index (κ2) is 4.89. The highest BCUT2D eigenvalue weighted by molar-refractivity contribution is 7.08. The van der Waals surface area contributed by atoms with Gasteiger partial charge in [-0.25, -0.2) is 4.39 Å². The highest BCUT2D eigenvalue weighted by Gasteiger charge is 2.15. The maximum absolute atomic E-state index is 13.4. The highest BCUT2D eigenvalue weighted by Crippen LogP contribution is 2.18. The van der Waals surface area contributed by atoms with Crippen molar-refractivity contribution >= 4 is 28.9 Å². The lowest BCUT2D eigenvalue weighted by Gasteiger charge is -2.02. The molecule has 1 aromatic carbocycles. The first kappa shape index (κ1) is 12.1. The Hall–Kier alpha value is -1.33. The molecule has 3 nitrogen and oxygen atoms in total. The van der Waals surface area contributed by atoms with E-state index in [1.807, 2.05) is 0 Å². The smallest absolute Gasteiger partial charge is 0.180 e. The first-order valence-corrected chi connectivity index (χ1v) is 5.99. The van der Waals surface area contributed by atoms with Gasteiger partial charge in [-0.05, 0) is 42.2 Å². The van der Waals surface area contributed by atoms with Crippen LogP contribution < -0.4 is 0 Å². The number of aryl methyl sites for hydroxylation is 1. The Morgan fingerprint density at radius 1 is 1.53 bits per heavy atom. The van der Waals surface area contributed by atoms with Gasteiger partial charge in [-0.15, -0.1) is 5.10 Å². The number of hydrogen-bond acceptors (Lipinski definition) is 4. The molecular formula is C11H8ClFN2OS. The van der Waals surface area contributed by atoms with E-state index < -0.39 is 5.82 Å². The number of benzene rings is 1. The summed E-state index contributed by atoms with van der Waals surface area (Å²) < 4.78 is 17.1. The summed E-state index contributed by atoms with van der Waals surface area (Å²) in [6.07, 6.45) is -0.0306. The lowest BCUT2D eigenvalue weighted by Crippen LogP contribution is -2.05. The standard InChI is InChI=1S/C11H8ClFN2OS/c1-6-11(17-15-14-6)10(16)5-7-4-8(12)2-3-9(7)13/h2-4H,5H2,1H3. The molecule has 0 atom stereocenters. The molecular weight excluding hydrogens is 263 g/mol. The van der Waals surface area contributed by atoms with Gasteiger partial charge >= 0.3 is 0 Å². The highest BCUT2D eigenvalue weighted by atomic mass is 35.5. The van der Waals surface area contributed by atoms with Crippen LogP contribution in [0.15, 0.2) is 18.2 Å². The van der Waals surface area contributed by atoms with Crippen LogP contribution in [0.5, 0.6) is 0 Å². The number of ketones is 1. The second-order valence-electron chi connectivity index (χ2n) is 3.52. The molecule has 0 radical (unpaired) electrons. The van der Waals surface area contributed by atoms with Crippen LogP contribution in [0.3, 0.4) is 0 Å². The fraction of sp³-hybridized carbons (Fsp3) is 0.182. The van der Waals surface area contributed by atoms with Gasteiger partial charge in [-0.3, -0.25) is 4.79 Å². The summed E-state index contributed by atoms with van der Waals surface area (Å²) in [4.78, 5) is 12.3. The van der Waals surface area contributed by atoms with Crippen LogP contribution in [0.1, 0.15) is 20.9 Å². The third-order valence-corrected chi connectivity index (χ3v) is 3.37. The minimum Gasteiger partial charge on any atom is -0.293 e. The summed E-state index contributed by atoms with van der Waals surface area (Å²) in [7, 11) is 0. The molecule has 17 heavy (non-hydrogen) atoms. The van der Waals surface area contributed by atoms with Gasteiger partial charge in [-0.1, -0.05) is 16.1 Å². The van der Waals surface area contributed by atoms with Gasteiger partial charge in [0.05, 0.1) is 5.69 Å². The Labute approximate surface area is 106 Å². The van der Waals surface area contributed by atoms with E-state index in [0.29, 0.717) is 15.6 Å². The molecule has 0 saturated heterocycles. The first-order valence-electron chi connectivity index (χ1n) is 4.84. The zero-order valence-corrected chi connectivity index (χ0v) is 10.5. The number of carbonyl (C=O) groups is 1. The average Bonchev–Trinajstić information content (AvgIpc) is 2.70. The molecule has 0 fully saturated rings. The van der Waals surface area contributed by atoms with E-state index in [4.69, 9.17) is 11.6 Å². The van der Waals surface area contributed by atoms with Gasteiger partial charge in [-0.2, -0.15) is 0 Å². The summed E-state index contributed by atoms with van der Waals surface area (Å²) in [6.45, 7) is 1.70. The Kier molecular flexibility index (Phi) is 3.49. The predicted molar refractivity (Wildman–Crippen MR) is 64.1 cm³/mol. The molecule has 0 aliphatic rings. The number of rotatable bonds is 3. The number of aromatic nitrogens is 2. The van der Waals surface area contributed by atoms with E-state index in [1.165, 1.54) is 18.2 Å². The molecule has 0 unspecified atom stereocenters. The summed E-state index contributed by atoms with van der Waals surface area (Å²) >= 11 is 6.78. The zero-order valence-electron chi connectivity index (χ0n) is 8.91. The zero-order chi connectivity index (χ0) is 12.4. The van der Waals surface area contributed by atoms with Gasteiger partial charge in [0.15, 0.2) is 5.78 Å². The quantitative estimate of drug-likeness (QED) is 0.805. The van der Waals surface area contributed by atoms with Gasteiger partial charge in [0.25, 0.3) is 0 Å².